The summed E-state index contributed by atoms with van der Waals surface area (Å²) in [5, 5.41) is 7.89. The van der Waals surface area contributed by atoms with Gasteiger partial charge in [-0.05, 0) is 18.1 Å². The molecule has 0 radical (unpaired) electrons. The van der Waals surface area contributed by atoms with Crippen LogP contribution in [0, 0.1) is 0 Å². The summed E-state index contributed by atoms with van der Waals surface area (Å²) in [4.78, 5) is 2.54. The number of aryl methyl sites for hydroxylation is 1. The molecule has 1 aliphatic rings. The minimum atomic E-state index is 0.627. The summed E-state index contributed by atoms with van der Waals surface area (Å²) in [5.74, 6) is 0. The van der Waals surface area contributed by atoms with Gasteiger partial charge < -0.3 is 5.32 Å². The highest BCUT2D eigenvalue weighted by Gasteiger charge is 2.21. The van der Waals surface area contributed by atoms with Crippen LogP contribution in [0.15, 0.2) is 42.6 Å². The van der Waals surface area contributed by atoms with E-state index in [2.05, 4.69) is 51.7 Å². The lowest BCUT2D eigenvalue weighted by Crippen LogP contribution is -2.33. The summed E-state index contributed by atoms with van der Waals surface area (Å²) in [6.45, 7) is 4.45. The summed E-state index contributed by atoms with van der Waals surface area (Å²) in [5.41, 5.74) is 2.70. The fourth-order valence-electron chi connectivity index (χ4n) is 3.04. The minimum Gasteiger partial charge on any atom is -0.312 e. The summed E-state index contributed by atoms with van der Waals surface area (Å²) in [7, 11) is 2.01. The number of nitrogens with one attached hydrogen (secondary N) is 1. The van der Waals surface area contributed by atoms with Crippen molar-refractivity contribution in [3.8, 4) is 0 Å². The fourth-order valence-corrected chi connectivity index (χ4v) is 3.04. The molecule has 1 fully saturated rings. The summed E-state index contributed by atoms with van der Waals surface area (Å²) in [6, 6.07) is 13.5. The Kier molecular flexibility index (Phi) is 4.68. The molecule has 2 heterocycles. The van der Waals surface area contributed by atoms with E-state index in [0.717, 1.165) is 26.1 Å². The smallest absolute Gasteiger partial charge is 0.0492 e. The largest absolute Gasteiger partial charge is 0.312 e. The number of likely N-dealkylation sites (tertiary alicyclic amines) is 1. The molecule has 1 aromatic carbocycles. The molecule has 4 heteroatoms. The van der Waals surface area contributed by atoms with E-state index >= 15 is 0 Å². The van der Waals surface area contributed by atoms with E-state index in [-0.39, 0.29) is 0 Å². The van der Waals surface area contributed by atoms with Crippen LogP contribution in [0.1, 0.15) is 17.7 Å². The highest BCUT2D eigenvalue weighted by Crippen LogP contribution is 2.13. The van der Waals surface area contributed by atoms with Gasteiger partial charge in [0.2, 0.25) is 0 Å². The van der Waals surface area contributed by atoms with Crippen LogP contribution in [0.2, 0.25) is 0 Å². The Morgan fingerprint density at radius 2 is 2.10 bits per heavy atom. The van der Waals surface area contributed by atoms with Gasteiger partial charge in [0.1, 0.15) is 0 Å². The number of benzene rings is 1. The van der Waals surface area contributed by atoms with Gasteiger partial charge in [-0.3, -0.25) is 9.58 Å². The zero-order chi connectivity index (χ0) is 14.5. The molecule has 1 saturated heterocycles. The van der Waals surface area contributed by atoms with Crippen LogP contribution in [0.5, 0.6) is 0 Å². The van der Waals surface area contributed by atoms with Gasteiger partial charge in [-0.1, -0.05) is 30.3 Å². The van der Waals surface area contributed by atoms with Crippen molar-refractivity contribution in [1.82, 2.24) is 20.0 Å². The molecule has 2 aromatic rings. The van der Waals surface area contributed by atoms with Crippen molar-refractivity contribution in [1.29, 1.82) is 0 Å². The van der Waals surface area contributed by atoms with Gasteiger partial charge in [-0.25, -0.2) is 0 Å². The van der Waals surface area contributed by atoms with Crippen molar-refractivity contribution in [3.05, 3.63) is 53.9 Å². The maximum absolute atomic E-state index is 4.21. The SMILES string of the molecule is Cn1nccc1CCNC1CCN(Cc2ccccc2)C1. The maximum atomic E-state index is 4.21. The van der Waals surface area contributed by atoms with Crippen LogP contribution in [0.4, 0.5) is 0 Å². The van der Waals surface area contributed by atoms with Crippen molar-refractivity contribution in [2.75, 3.05) is 19.6 Å². The van der Waals surface area contributed by atoms with Crippen LogP contribution in [0.3, 0.4) is 0 Å². The molecule has 1 aromatic heterocycles. The summed E-state index contributed by atoms with van der Waals surface area (Å²) in [6.07, 6.45) is 4.16. The molecule has 1 N–H and O–H groups in total. The van der Waals surface area contributed by atoms with E-state index < -0.39 is 0 Å². The number of aromatic nitrogens is 2. The average molecular weight is 284 g/mol. The van der Waals surface area contributed by atoms with Crippen molar-refractivity contribution in [2.45, 2.75) is 25.4 Å². The third-order valence-corrected chi connectivity index (χ3v) is 4.26. The lowest BCUT2D eigenvalue weighted by Gasteiger charge is -2.16. The first-order valence-corrected chi connectivity index (χ1v) is 7.78. The zero-order valence-electron chi connectivity index (χ0n) is 12.7. The Morgan fingerprint density at radius 3 is 2.86 bits per heavy atom. The maximum Gasteiger partial charge on any atom is 0.0492 e. The molecule has 21 heavy (non-hydrogen) atoms. The molecule has 0 saturated carbocycles. The van der Waals surface area contributed by atoms with Crippen LogP contribution < -0.4 is 5.32 Å². The standard InChI is InChI=1S/C17H24N4/c1-20-17(8-11-19-20)7-10-18-16-9-12-21(14-16)13-15-5-3-2-4-6-15/h2-6,8,11,16,18H,7,9-10,12-14H2,1H3. The van der Waals surface area contributed by atoms with Gasteiger partial charge in [0.05, 0.1) is 0 Å². The van der Waals surface area contributed by atoms with Crippen molar-refractivity contribution in [2.24, 2.45) is 7.05 Å². The summed E-state index contributed by atoms with van der Waals surface area (Å²) >= 11 is 0. The van der Waals surface area contributed by atoms with E-state index in [4.69, 9.17) is 0 Å². The second-order valence-corrected chi connectivity index (χ2v) is 5.86. The predicted octanol–water partition coefficient (Wildman–Crippen LogP) is 1.83. The lowest BCUT2D eigenvalue weighted by atomic mass is 10.2. The molecule has 1 aliphatic heterocycles. The molecule has 1 unspecified atom stereocenters. The molecule has 0 aliphatic carbocycles. The molecule has 3 rings (SSSR count). The molecular formula is C17H24N4. The van der Waals surface area contributed by atoms with Crippen LogP contribution in [-0.4, -0.2) is 40.4 Å². The molecular weight excluding hydrogens is 260 g/mol. The summed E-state index contributed by atoms with van der Waals surface area (Å²) < 4.78 is 1.96. The molecule has 1 atom stereocenters. The quantitative estimate of drug-likeness (QED) is 0.878. The van der Waals surface area contributed by atoms with Gasteiger partial charge in [-0.2, -0.15) is 5.10 Å². The van der Waals surface area contributed by atoms with E-state index in [1.807, 2.05) is 17.9 Å². The second-order valence-electron chi connectivity index (χ2n) is 5.86. The molecule has 112 valence electrons. The predicted molar refractivity (Wildman–Crippen MR) is 85.0 cm³/mol. The molecule has 0 amide bonds. The van der Waals surface area contributed by atoms with Gasteiger partial charge in [0.15, 0.2) is 0 Å². The Labute approximate surface area is 126 Å². The number of nitrogens with zero attached hydrogens (tertiary/aromatic N) is 3. The third-order valence-electron chi connectivity index (χ3n) is 4.26. The minimum absolute atomic E-state index is 0.627. The molecule has 4 nitrogen and oxygen atoms in total. The first-order chi connectivity index (χ1) is 10.3. The van der Waals surface area contributed by atoms with E-state index in [1.165, 1.54) is 24.2 Å². The number of hydrogen-bond acceptors (Lipinski definition) is 3. The molecule has 0 spiro atoms. The van der Waals surface area contributed by atoms with E-state index in [1.54, 1.807) is 0 Å². The Morgan fingerprint density at radius 1 is 1.24 bits per heavy atom. The zero-order valence-corrected chi connectivity index (χ0v) is 12.7. The molecule has 0 bridgehead atoms. The van der Waals surface area contributed by atoms with Crippen molar-refractivity contribution >= 4 is 0 Å². The van der Waals surface area contributed by atoms with E-state index in [9.17, 15) is 0 Å². The lowest BCUT2D eigenvalue weighted by molar-refractivity contribution is 0.320. The normalized spacial score (nSPS) is 19.2. The van der Waals surface area contributed by atoms with Gasteiger partial charge in [0, 0.05) is 57.6 Å². The highest BCUT2D eigenvalue weighted by atomic mass is 15.3. The fraction of sp³-hybridized carbons (Fsp3) is 0.471. The van der Waals surface area contributed by atoms with Crippen molar-refractivity contribution < 1.29 is 0 Å². The number of rotatable bonds is 6. The average Bonchev–Trinajstić information content (AvgIpc) is 3.10. The second kappa shape index (κ2) is 6.87. The first kappa shape index (κ1) is 14.3. The number of hydrogen-bond donors (Lipinski definition) is 1. The van der Waals surface area contributed by atoms with Crippen LogP contribution in [0.25, 0.3) is 0 Å². The Bertz CT molecular complexity index is 549. The Balaban J connectivity index is 1.40. The van der Waals surface area contributed by atoms with Gasteiger partial charge in [0.25, 0.3) is 0 Å². The van der Waals surface area contributed by atoms with Crippen LogP contribution >= 0.6 is 0 Å². The van der Waals surface area contributed by atoms with E-state index in [0.29, 0.717) is 6.04 Å². The van der Waals surface area contributed by atoms with Crippen LogP contribution in [-0.2, 0) is 20.0 Å². The van der Waals surface area contributed by atoms with Gasteiger partial charge >= 0.3 is 0 Å². The first-order valence-electron chi connectivity index (χ1n) is 7.78. The third kappa shape index (κ3) is 3.93. The van der Waals surface area contributed by atoms with Gasteiger partial charge in [-0.15, -0.1) is 0 Å². The Hall–Kier alpha value is -1.65. The topological polar surface area (TPSA) is 33.1 Å². The highest BCUT2D eigenvalue weighted by molar-refractivity contribution is 5.14. The van der Waals surface area contributed by atoms with Crippen molar-refractivity contribution in [3.63, 3.8) is 0 Å². The monoisotopic (exact) mass is 284 g/mol.